The summed E-state index contributed by atoms with van der Waals surface area (Å²) >= 11 is 0. The van der Waals surface area contributed by atoms with Crippen LogP contribution in [0.15, 0.2) is 24.4 Å². The Labute approximate surface area is 107 Å². The topological polar surface area (TPSA) is 34.9 Å². The molecular formula is C15H18N2O. The molecule has 0 unspecified atom stereocenters. The number of hydrogen-bond donors (Lipinski definition) is 0. The van der Waals surface area contributed by atoms with Gasteiger partial charge in [0.05, 0.1) is 5.56 Å². The quantitative estimate of drug-likeness (QED) is 0.770. The Morgan fingerprint density at radius 3 is 2.78 bits per heavy atom. The van der Waals surface area contributed by atoms with Gasteiger partial charge >= 0.3 is 0 Å². The first-order valence-corrected chi connectivity index (χ1v) is 6.26. The summed E-state index contributed by atoms with van der Waals surface area (Å²) in [5.74, 6) is 0. The zero-order chi connectivity index (χ0) is 13.1. The number of rotatable bonds is 4. The lowest BCUT2D eigenvalue weighted by atomic mass is 9.99. The zero-order valence-corrected chi connectivity index (χ0v) is 11.1. The van der Waals surface area contributed by atoms with Crippen LogP contribution in [0.1, 0.15) is 34.8 Å². The molecule has 3 heteroatoms. The predicted octanol–water partition coefficient (Wildman–Crippen LogP) is 3.39. The van der Waals surface area contributed by atoms with Crippen molar-refractivity contribution in [2.45, 2.75) is 33.7 Å². The molecule has 1 aromatic heterocycles. The molecule has 2 aromatic rings. The second-order valence-corrected chi connectivity index (χ2v) is 4.56. The Kier molecular flexibility index (Phi) is 3.60. The molecule has 1 aromatic carbocycles. The van der Waals surface area contributed by atoms with Crippen molar-refractivity contribution in [2.75, 3.05) is 0 Å². The fraction of sp³-hybridized carbons (Fsp3) is 0.333. The molecule has 0 saturated carbocycles. The summed E-state index contributed by atoms with van der Waals surface area (Å²) in [5, 5.41) is 4.53. The highest BCUT2D eigenvalue weighted by Crippen LogP contribution is 2.26. The lowest BCUT2D eigenvalue weighted by Crippen LogP contribution is -1.97. The molecule has 18 heavy (non-hydrogen) atoms. The number of aldehydes is 1. The maximum absolute atomic E-state index is 11.2. The summed E-state index contributed by atoms with van der Waals surface area (Å²) < 4.78 is 1.85. The van der Waals surface area contributed by atoms with Gasteiger partial charge < -0.3 is 0 Å². The third kappa shape index (κ3) is 2.21. The Hall–Kier alpha value is -1.90. The highest BCUT2D eigenvalue weighted by atomic mass is 16.1. The van der Waals surface area contributed by atoms with Crippen LogP contribution in [0, 0.1) is 13.8 Å². The minimum Gasteiger partial charge on any atom is -0.298 e. The number of carbonyl (C=O) groups is 1. The van der Waals surface area contributed by atoms with Gasteiger partial charge in [-0.05, 0) is 31.4 Å². The first-order valence-electron chi connectivity index (χ1n) is 6.26. The molecule has 0 aliphatic carbocycles. The molecule has 2 rings (SSSR count). The van der Waals surface area contributed by atoms with Crippen molar-refractivity contribution in [2.24, 2.45) is 0 Å². The first-order chi connectivity index (χ1) is 8.67. The minimum absolute atomic E-state index is 0.664. The van der Waals surface area contributed by atoms with E-state index in [0.29, 0.717) is 5.56 Å². The van der Waals surface area contributed by atoms with Crippen LogP contribution >= 0.6 is 0 Å². The second-order valence-electron chi connectivity index (χ2n) is 4.56. The van der Waals surface area contributed by atoms with Crippen LogP contribution < -0.4 is 0 Å². The molecule has 0 amide bonds. The Balaban J connectivity index is 2.55. The van der Waals surface area contributed by atoms with Crippen molar-refractivity contribution in [3.05, 3.63) is 41.1 Å². The summed E-state index contributed by atoms with van der Waals surface area (Å²) in [6, 6.07) is 6.10. The van der Waals surface area contributed by atoms with Gasteiger partial charge in [0.15, 0.2) is 6.29 Å². The Morgan fingerprint density at radius 1 is 1.33 bits per heavy atom. The summed E-state index contributed by atoms with van der Waals surface area (Å²) in [4.78, 5) is 11.2. The Morgan fingerprint density at radius 2 is 2.11 bits per heavy atom. The van der Waals surface area contributed by atoms with E-state index in [1.807, 2.05) is 23.0 Å². The van der Waals surface area contributed by atoms with Crippen molar-refractivity contribution in [3.8, 4) is 11.3 Å². The van der Waals surface area contributed by atoms with Gasteiger partial charge in [-0.2, -0.15) is 5.10 Å². The highest BCUT2D eigenvalue weighted by Gasteiger charge is 2.13. The molecule has 3 nitrogen and oxygen atoms in total. The summed E-state index contributed by atoms with van der Waals surface area (Å²) in [6.45, 7) is 7.08. The molecule has 0 N–H and O–H groups in total. The summed E-state index contributed by atoms with van der Waals surface area (Å²) in [6.07, 6.45) is 3.72. The van der Waals surface area contributed by atoms with E-state index >= 15 is 0 Å². The van der Waals surface area contributed by atoms with Crippen molar-refractivity contribution in [1.82, 2.24) is 9.78 Å². The van der Waals surface area contributed by atoms with Crippen LogP contribution in [-0.4, -0.2) is 16.1 Å². The van der Waals surface area contributed by atoms with E-state index < -0.39 is 0 Å². The van der Waals surface area contributed by atoms with E-state index in [9.17, 15) is 4.79 Å². The van der Waals surface area contributed by atoms with E-state index in [1.54, 1.807) is 0 Å². The van der Waals surface area contributed by atoms with Crippen molar-refractivity contribution in [3.63, 3.8) is 0 Å². The van der Waals surface area contributed by atoms with Gasteiger partial charge in [0.1, 0.15) is 5.69 Å². The molecule has 94 valence electrons. The third-order valence-corrected chi connectivity index (χ3v) is 3.23. The van der Waals surface area contributed by atoms with Gasteiger partial charge in [-0.15, -0.1) is 0 Å². The number of aromatic nitrogens is 2. The van der Waals surface area contributed by atoms with Crippen molar-refractivity contribution >= 4 is 6.29 Å². The van der Waals surface area contributed by atoms with E-state index in [-0.39, 0.29) is 0 Å². The average molecular weight is 242 g/mol. The summed E-state index contributed by atoms with van der Waals surface area (Å²) in [7, 11) is 0. The average Bonchev–Trinajstić information content (AvgIpc) is 2.76. The maximum atomic E-state index is 11.2. The predicted molar refractivity (Wildman–Crippen MR) is 72.8 cm³/mol. The van der Waals surface area contributed by atoms with E-state index in [2.05, 4.69) is 31.9 Å². The standard InChI is InChI=1S/C15H18N2O/c1-4-8-17-9-13(10-18)15(16-17)14-7-5-6-11(2)12(14)3/h5-7,9-10H,4,8H2,1-3H3. The maximum Gasteiger partial charge on any atom is 0.153 e. The van der Waals surface area contributed by atoms with E-state index in [1.165, 1.54) is 11.1 Å². The van der Waals surface area contributed by atoms with Gasteiger partial charge in [0, 0.05) is 18.3 Å². The lowest BCUT2D eigenvalue weighted by Gasteiger charge is -2.06. The molecule has 0 atom stereocenters. The first kappa shape index (κ1) is 12.6. The van der Waals surface area contributed by atoms with Crippen LogP contribution in [0.2, 0.25) is 0 Å². The number of benzene rings is 1. The fourth-order valence-corrected chi connectivity index (χ4v) is 2.08. The van der Waals surface area contributed by atoms with Gasteiger partial charge in [-0.25, -0.2) is 0 Å². The second kappa shape index (κ2) is 5.17. The van der Waals surface area contributed by atoms with Crippen molar-refractivity contribution < 1.29 is 4.79 Å². The molecule has 0 aliphatic heterocycles. The minimum atomic E-state index is 0.664. The fourth-order valence-electron chi connectivity index (χ4n) is 2.08. The van der Waals surface area contributed by atoms with E-state index in [0.717, 1.165) is 30.5 Å². The van der Waals surface area contributed by atoms with Crippen LogP contribution in [0.25, 0.3) is 11.3 Å². The number of nitrogens with zero attached hydrogens (tertiary/aromatic N) is 2. The van der Waals surface area contributed by atoms with Crippen LogP contribution in [-0.2, 0) is 6.54 Å². The molecule has 0 fully saturated rings. The van der Waals surface area contributed by atoms with Crippen LogP contribution in [0.5, 0.6) is 0 Å². The molecule has 0 bridgehead atoms. The monoisotopic (exact) mass is 242 g/mol. The Bertz CT molecular complexity index is 570. The van der Waals surface area contributed by atoms with E-state index in [4.69, 9.17) is 0 Å². The van der Waals surface area contributed by atoms with Crippen LogP contribution in [0.3, 0.4) is 0 Å². The molecule has 0 aliphatic rings. The number of aryl methyl sites for hydroxylation is 2. The van der Waals surface area contributed by atoms with Gasteiger partial charge in [-0.3, -0.25) is 9.48 Å². The lowest BCUT2D eigenvalue weighted by molar-refractivity contribution is 0.112. The zero-order valence-electron chi connectivity index (χ0n) is 11.1. The molecule has 1 heterocycles. The SMILES string of the molecule is CCCn1cc(C=O)c(-c2cccc(C)c2C)n1. The molecule has 0 saturated heterocycles. The molecule has 0 spiro atoms. The largest absolute Gasteiger partial charge is 0.298 e. The molecule has 0 radical (unpaired) electrons. The van der Waals surface area contributed by atoms with Gasteiger partial charge in [0.25, 0.3) is 0 Å². The third-order valence-electron chi connectivity index (χ3n) is 3.23. The van der Waals surface area contributed by atoms with Gasteiger partial charge in [-0.1, -0.05) is 25.1 Å². The smallest absolute Gasteiger partial charge is 0.153 e. The summed E-state index contributed by atoms with van der Waals surface area (Å²) in [5.41, 5.74) is 4.90. The molecular weight excluding hydrogens is 224 g/mol. The number of hydrogen-bond acceptors (Lipinski definition) is 2. The number of carbonyl (C=O) groups excluding carboxylic acids is 1. The normalized spacial score (nSPS) is 10.6. The van der Waals surface area contributed by atoms with Crippen LogP contribution in [0.4, 0.5) is 0 Å². The highest BCUT2D eigenvalue weighted by molar-refractivity contribution is 5.86. The van der Waals surface area contributed by atoms with Gasteiger partial charge in [0.2, 0.25) is 0 Å². The van der Waals surface area contributed by atoms with Crippen molar-refractivity contribution in [1.29, 1.82) is 0 Å².